The minimum absolute atomic E-state index is 0.232. The van der Waals surface area contributed by atoms with Gasteiger partial charge in [-0.3, -0.25) is 4.90 Å². The van der Waals surface area contributed by atoms with Crippen molar-refractivity contribution < 1.29 is 9.47 Å². The maximum absolute atomic E-state index is 5.91. The summed E-state index contributed by atoms with van der Waals surface area (Å²) >= 11 is 0. The Kier molecular flexibility index (Phi) is 6.72. The Morgan fingerprint density at radius 2 is 1.89 bits per heavy atom. The van der Waals surface area contributed by atoms with Crippen LogP contribution in [0.2, 0.25) is 0 Å². The van der Waals surface area contributed by atoms with Gasteiger partial charge in [-0.05, 0) is 24.2 Å². The Bertz CT molecular complexity index is 327. The quantitative estimate of drug-likeness (QED) is 0.764. The lowest BCUT2D eigenvalue weighted by molar-refractivity contribution is 0.125. The second-order valence-electron chi connectivity index (χ2n) is 4.15. The van der Waals surface area contributed by atoms with Crippen molar-refractivity contribution in [3.8, 4) is 5.75 Å². The van der Waals surface area contributed by atoms with Gasteiger partial charge in [0.25, 0.3) is 0 Å². The van der Waals surface area contributed by atoms with E-state index in [9.17, 15) is 0 Å². The van der Waals surface area contributed by atoms with E-state index in [1.807, 2.05) is 12.1 Å². The van der Waals surface area contributed by atoms with Crippen molar-refractivity contribution >= 4 is 0 Å². The molecular formula is C14H24N2O2. The van der Waals surface area contributed by atoms with Gasteiger partial charge in [0, 0.05) is 26.2 Å². The Balaban J connectivity index is 2.78. The maximum atomic E-state index is 5.91. The first-order valence-electron chi connectivity index (χ1n) is 6.33. The molecule has 1 rings (SSSR count). The van der Waals surface area contributed by atoms with Gasteiger partial charge in [-0.25, -0.2) is 0 Å². The van der Waals surface area contributed by atoms with Gasteiger partial charge in [0.1, 0.15) is 5.75 Å². The molecule has 0 radical (unpaired) electrons. The highest BCUT2D eigenvalue weighted by Crippen LogP contribution is 2.21. The number of rotatable bonds is 8. The third kappa shape index (κ3) is 3.98. The molecule has 1 aromatic carbocycles. The van der Waals surface area contributed by atoms with Gasteiger partial charge in [0.05, 0.1) is 13.7 Å². The molecule has 0 spiro atoms. The molecule has 0 aromatic heterocycles. The fourth-order valence-corrected chi connectivity index (χ4v) is 2.06. The highest BCUT2D eigenvalue weighted by Gasteiger charge is 2.17. The molecule has 0 fully saturated rings. The number of likely N-dealkylation sites (N-methyl/N-ethyl adjacent to an activating group) is 1. The van der Waals surface area contributed by atoms with Gasteiger partial charge in [0.15, 0.2) is 0 Å². The molecule has 0 aliphatic carbocycles. The average molecular weight is 252 g/mol. The number of ether oxygens (including phenoxy) is 2. The zero-order valence-electron chi connectivity index (χ0n) is 11.6. The molecule has 18 heavy (non-hydrogen) atoms. The van der Waals surface area contributed by atoms with Crippen molar-refractivity contribution in [2.45, 2.75) is 13.0 Å². The van der Waals surface area contributed by atoms with Gasteiger partial charge in [-0.2, -0.15) is 0 Å². The number of hydrogen-bond donors (Lipinski definition) is 1. The van der Waals surface area contributed by atoms with Gasteiger partial charge in [-0.1, -0.05) is 19.1 Å². The molecule has 4 nitrogen and oxygen atoms in total. The van der Waals surface area contributed by atoms with Crippen molar-refractivity contribution in [3.63, 3.8) is 0 Å². The van der Waals surface area contributed by atoms with E-state index in [2.05, 4.69) is 24.0 Å². The minimum atomic E-state index is 0.232. The molecule has 1 atom stereocenters. The fourth-order valence-electron chi connectivity index (χ4n) is 2.06. The molecule has 0 aliphatic rings. The summed E-state index contributed by atoms with van der Waals surface area (Å²) in [6.07, 6.45) is 0. The summed E-state index contributed by atoms with van der Waals surface area (Å²) in [5.41, 5.74) is 7.13. The summed E-state index contributed by atoms with van der Waals surface area (Å²) in [5, 5.41) is 0. The summed E-state index contributed by atoms with van der Waals surface area (Å²) in [5.74, 6) is 0.870. The zero-order valence-corrected chi connectivity index (χ0v) is 11.6. The molecule has 0 saturated carbocycles. The molecule has 1 aromatic rings. The van der Waals surface area contributed by atoms with Crippen LogP contribution in [0.5, 0.6) is 5.75 Å². The predicted octanol–water partition coefficient (Wildman–Crippen LogP) is 1.66. The highest BCUT2D eigenvalue weighted by atomic mass is 16.5. The van der Waals surface area contributed by atoms with Crippen LogP contribution in [0.25, 0.3) is 0 Å². The first-order chi connectivity index (χ1) is 8.76. The number of hydrogen-bond acceptors (Lipinski definition) is 4. The summed E-state index contributed by atoms with van der Waals surface area (Å²) < 4.78 is 10.3. The van der Waals surface area contributed by atoms with E-state index in [4.69, 9.17) is 15.2 Å². The maximum Gasteiger partial charge on any atom is 0.118 e. The van der Waals surface area contributed by atoms with Gasteiger partial charge in [-0.15, -0.1) is 0 Å². The molecule has 2 N–H and O–H groups in total. The van der Waals surface area contributed by atoms with E-state index < -0.39 is 0 Å². The lowest BCUT2D eigenvalue weighted by atomic mass is 10.1. The molecule has 102 valence electrons. The third-order valence-electron chi connectivity index (χ3n) is 3.15. The number of nitrogens with two attached hydrogens (primary N) is 1. The first-order valence-corrected chi connectivity index (χ1v) is 6.33. The molecule has 4 heteroatoms. The smallest absolute Gasteiger partial charge is 0.118 e. The van der Waals surface area contributed by atoms with E-state index in [1.54, 1.807) is 14.2 Å². The topological polar surface area (TPSA) is 47.7 Å². The van der Waals surface area contributed by atoms with E-state index in [0.717, 1.165) is 25.4 Å². The van der Waals surface area contributed by atoms with Crippen LogP contribution in [-0.4, -0.2) is 45.4 Å². The Morgan fingerprint density at radius 1 is 1.22 bits per heavy atom. The summed E-state index contributed by atoms with van der Waals surface area (Å²) in [7, 11) is 3.39. The van der Waals surface area contributed by atoms with Crippen molar-refractivity contribution in [1.29, 1.82) is 0 Å². The van der Waals surface area contributed by atoms with Crippen LogP contribution in [0, 0.1) is 0 Å². The average Bonchev–Trinajstić information content (AvgIpc) is 2.43. The van der Waals surface area contributed by atoms with E-state index >= 15 is 0 Å². The standard InChI is InChI=1S/C14H24N2O2/c1-4-16(9-10-17-2)14(11-15)12-5-7-13(18-3)8-6-12/h5-8,14H,4,9-11,15H2,1-3H3. The largest absolute Gasteiger partial charge is 0.497 e. The van der Waals surface area contributed by atoms with Crippen LogP contribution in [0.4, 0.5) is 0 Å². The number of methoxy groups -OCH3 is 2. The molecule has 0 aliphatic heterocycles. The molecule has 0 bridgehead atoms. The third-order valence-corrected chi connectivity index (χ3v) is 3.15. The van der Waals surface area contributed by atoms with Crippen LogP contribution in [0.1, 0.15) is 18.5 Å². The molecule has 0 heterocycles. The van der Waals surface area contributed by atoms with Crippen molar-refractivity contribution in [3.05, 3.63) is 29.8 Å². The normalized spacial score (nSPS) is 12.7. The van der Waals surface area contributed by atoms with Crippen LogP contribution in [0.15, 0.2) is 24.3 Å². The van der Waals surface area contributed by atoms with Crippen LogP contribution < -0.4 is 10.5 Å². The predicted molar refractivity (Wildman–Crippen MR) is 73.9 cm³/mol. The summed E-state index contributed by atoms with van der Waals surface area (Å²) in [6.45, 7) is 5.31. The van der Waals surface area contributed by atoms with E-state index in [0.29, 0.717) is 6.54 Å². The monoisotopic (exact) mass is 252 g/mol. The number of benzene rings is 1. The summed E-state index contributed by atoms with van der Waals surface area (Å²) in [6, 6.07) is 8.33. The summed E-state index contributed by atoms with van der Waals surface area (Å²) in [4.78, 5) is 2.32. The fraction of sp³-hybridized carbons (Fsp3) is 0.571. The van der Waals surface area contributed by atoms with Gasteiger partial charge in [0.2, 0.25) is 0 Å². The highest BCUT2D eigenvalue weighted by molar-refractivity contribution is 5.29. The van der Waals surface area contributed by atoms with Crippen molar-refractivity contribution in [2.75, 3.05) is 40.5 Å². The molecule has 0 amide bonds. The Morgan fingerprint density at radius 3 is 2.33 bits per heavy atom. The van der Waals surface area contributed by atoms with Gasteiger partial charge < -0.3 is 15.2 Å². The molecule has 0 saturated heterocycles. The van der Waals surface area contributed by atoms with Gasteiger partial charge >= 0.3 is 0 Å². The SMILES string of the molecule is CCN(CCOC)C(CN)c1ccc(OC)cc1. The van der Waals surface area contributed by atoms with Crippen LogP contribution >= 0.6 is 0 Å². The molecular weight excluding hydrogens is 228 g/mol. The number of nitrogens with zero attached hydrogens (tertiary/aromatic N) is 1. The van der Waals surface area contributed by atoms with Crippen LogP contribution in [-0.2, 0) is 4.74 Å². The van der Waals surface area contributed by atoms with Crippen molar-refractivity contribution in [1.82, 2.24) is 4.90 Å². The zero-order chi connectivity index (χ0) is 13.4. The van der Waals surface area contributed by atoms with E-state index in [-0.39, 0.29) is 6.04 Å². The van der Waals surface area contributed by atoms with Crippen molar-refractivity contribution in [2.24, 2.45) is 5.73 Å². The Hall–Kier alpha value is -1.10. The second kappa shape index (κ2) is 8.08. The lowest BCUT2D eigenvalue weighted by Crippen LogP contribution is -2.35. The first kappa shape index (κ1) is 15.0. The lowest BCUT2D eigenvalue weighted by Gasteiger charge is -2.30. The second-order valence-corrected chi connectivity index (χ2v) is 4.15. The molecule has 1 unspecified atom stereocenters. The van der Waals surface area contributed by atoms with E-state index in [1.165, 1.54) is 5.56 Å². The Labute approximate surface area is 110 Å². The minimum Gasteiger partial charge on any atom is -0.497 e. The van der Waals surface area contributed by atoms with Crippen LogP contribution in [0.3, 0.4) is 0 Å².